The summed E-state index contributed by atoms with van der Waals surface area (Å²) in [7, 11) is 4.30. The van der Waals surface area contributed by atoms with Gasteiger partial charge in [0, 0.05) is 13.0 Å². The molecule has 0 unspecified atom stereocenters. The van der Waals surface area contributed by atoms with E-state index < -0.39 is 5.97 Å². The van der Waals surface area contributed by atoms with Crippen molar-refractivity contribution >= 4 is 5.97 Å². The van der Waals surface area contributed by atoms with E-state index in [2.05, 4.69) is 19.0 Å². The highest BCUT2D eigenvalue weighted by Gasteiger charge is 2.17. The number of rotatable bonds is 4. The van der Waals surface area contributed by atoms with Crippen LogP contribution < -0.4 is 5.73 Å². The number of hydrogen-bond acceptors (Lipinski definition) is 3. The van der Waals surface area contributed by atoms with E-state index in [1.807, 2.05) is 0 Å². The van der Waals surface area contributed by atoms with Gasteiger partial charge in [-0.25, -0.2) is 0 Å². The summed E-state index contributed by atoms with van der Waals surface area (Å²) in [6.07, 6.45) is 8.01. The van der Waals surface area contributed by atoms with Crippen LogP contribution >= 0.6 is 0 Å². The van der Waals surface area contributed by atoms with E-state index in [1.54, 1.807) is 0 Å². The minimum Gasteiger partial charge on any atom is -0.481 e. The van der Waals surface area contributed by atoms with Gasteiger partial charge in [-0.1, -0.05) is 0 Å². The number of nitrogens with zero attached hydrogens (tertiary/aromatic N) is 1. The van der Waals surface area contributed by atoms with Crippen LogP contribution in [-0.4, -0.2) is 42.7 Å². The lowest BCUT2D eigenvalue weighted by molar-refractivity contribution is -0.134. The van der Waals surface area contributed by atoms with Crippen LogP contribution in [0.15, 0.2) is 0 Å². The van der Waals surface area contributed by atoms with E-state index in [-0.39, 0.29) is 0 Å². The first-order valence-corrected chi connectivity index (χ1v) is 6.51. The molecule has 17 heavy (non-hydrogen) atoms. The van der Waals surface area contributed by atoms with E-state index in [1.165, 1.54) is 45.1 Å². The molecule has 102 valence electrons. The van der Waals surface area contributed by atoms with Gasteiger partial charge in [0.15, 0.2) is 0 Å². The lowest BCUT2D eigenvalue weighted by atomic mass is 9.84. The largest absolute Gasteiger partial charge is 0.481 e. The molecule has 0 radical (unpaired) electrons. The third kappa shape index (κ3) is 11.6. The van der Waals surface area contributed by atoms with Crippen LogP contribution in [-0.2, 0) is 4.79 Å². The fraction of sp³-hybridized carbons (Fsp3) is 0.923. The first kappa shape index (κ1) is 16.4. The van der Waals surface area contributed by atoms with Crippen molar-refractivity contribution in [3.05, 3.63) is 0 Å². The Bertz CT molecular complexity index is 196. The zero-order chi connectivity index (χ0) is 13.3. The molecule has 0 bridgehead atoms. The minimum absolute atomic E-state index is 0.505. The van der Waals surface area contributed by atoms with Crippen LogP contribution in [0.2, 0.25) is 0 Å². The maximum Gasteiger partial charge on any atom is 0.300 e. The Balaban J connectivity index is 0.000000557. The molecule has 4 nitrogen and oxygen atoms in total. The molecule has 0 aromatic carbocycles. The number of hydrogen-bond donors (Lipinski definition) is 2. The van der Waals surface area contributed by atoms with Gasteiger partial charge >= 0.3 is 0 Å². The van der Waals surface area contributed by atoms with E-state index >= 15 is 0 Å². The Morgan fingerprint density at radius 2 is 1.76 bits per heavy atom. The zero-order valence-corrected chi connectivity index (χ0v) is 11.5. The first-order chi connectivity index (χ1) is 7.91. The van der Waals surface area contributed by atoms with Gasteiger partial charge in [-0.15, -0.1) is 0 Å². The molecule has 0 aromatic rings. The van der Waals surface area contributed by atoms with Gasteiger partial charge in [0.1, 0.15) is 0 Å². The molecule has 0 spiro atoms. The van der Waals surface area contributed by atoms with Crippen LogP contribution in [0.5, 0.6) is 0 Å². The average molecular weight is 244 g/mol. The normalized spacial score (nSPS) is 24.1. The summed E-state index contributed by atoms with van der Waals surface area (Å²) in [6, 6.07) is 0.505. The molecule has 4 heteroatoms. The molecule has 1 saturated carbocycles. The number of carboxylic acid groups (broad SMARTS) is 1. The van der Waals surface area contributed by atoms with Gasteiger partial charge < -0.3 is 15.7 Å². The second kappa shape index (κ2) is 9.42. The summed E-state index contributed by atoms with van der Waals surface area (Å²) in [5.74, 6) is 0.139. The summed E-state index contributed by atoms with van der Waals surface area (Å²) in [5.41, 5.74) is 5.87. The Labute approximate surface area is 105 Å². The van der Waals surface area contributed by atoms with Crippen molar-refractivity contribution in [2.24, 2.45) is 11.7 Å². The minimum atomic E-state index is -0.833. The highest BCUT2D eigenvalue weighted by molar-refractivity contribution is 5.62. The van der Waals surface area contributed by atoms with Gasteiger partial charge in [-0.05, 0) is 65.1 Å². The molecule has 1 rings (SSSR count). The fourth-order valence-corrected chi connectivity index (χ4v) is 2.17. The lowest BCUT2D eigenvalue weighted by Crippen LogP contribution is -2.26. The standard InChI is InChI=1S/C11H24N2.C2H4O2/c1-13(2)9-3-4-10-5-7-11(12)8-6-10;1-2(3)4/h10-11H,3-9,12H2,1-2H3;1H3,(H,3,4). The summed E-state index contributed by atoms with van der Waals surface area (Å²) < 4.78 is 0. The smallest absolute Gasteiger partial charge is 0.300 e. The molecule has 0 atom stereocenters. The van der Waals surface area contributed by atoms with Crippen molar-refractivity contribution in [2.45, 2.75) is 51.5 Å². The average Bonchev–Trinajstić information content (AvgIpc) is 2.19. The zero-order valence-electron chi connectivity index (χ0n) is 11.5. The van der Waals surface area contributed by atoms with Crippen LogP contribution in [0.1, 0.15) is 45.4 Å². The van der Waals surface area contributed by atoms with Gasteiger partial charge in [0.25, 0.3) is 5.97 Å². The van der Waals surface area contributed by atoms with E-state index in [4.69, 9.17) is 15.6 Å². The van der Waals surface area contributed by atoms with Crippen molar-refractivity contribution in [2.75, 3.05) is 20.6 Å². The number of carbonyl (C=O) groups is 1. The Morgan fingerprint density at radius 3 is 2.18 bits per heavy atom. The Hall–Kier alpha value is -0.610. The van der Waals surface area contributed by atoms with Gasteiger partial charge in [0.2, 0.25) is 0 Å². The summed E-state index contributed by atoms with van der Waals surface area (Å²) in [6.45, 7) is 2.32. The first-order valence-electron chi connectivity index (χ1n) is 6.51. The second-order valence-electron chi connectivity index (χ2n) is 5.25. The Kier molecular flexibility index (Phi) is 9.09. The quantitative estimate of drug-likeness (QED) is 0.793. The van der Waals surface area contributed by atoms with Crippen molar-refractivity contribution < 1.29 is 9.90 Å². The highest BCUT2D eigenvalue weighted by Crippen LogP contribution is 2.26. The SMILES string of the molecule is CC(=O)O.CN(C)CCCC1CCC(N)CC1. The van der Waals surface area contributed by atoms with Crippen molar-refractivity contribution in [1.29, 1.82) is 0 Å². The maximum absolute atomic E-state index is 9.00. The molecular weight excluding hydrogens is 216 g/mol. The lowest BCUT2D eigenvalue weighted by Gasteiger charge is -2.26. The monoisotopic (exact) mass is 244 g/mol. The number of nitrogens with two attached hydrogens (primary N) is 1. The second-order valence-corrected chi connectivity index (χ2v) is 5.25. The molecule has 3 N–H and O–H groups in total. The van der Waals surface area contributed by atoms with Crippen molar-refractivity contribution in [3.63, 3.8) is 0 Å². The van der Waals surface area contributed by atoms with E-state index in [9.17, 15) is 0 Å². The van der Waals surface area contributed by atoms with Gasteiger partial charge in [0.05, 0.1) is 0 Å². The third-order valence-corrected chi connectivity index (χ3v) is 3.11. The molecular formula is C13H28N2O2. The van der Waals surface area contributed by atoms with E-state index in [0.717, 1.165) is 12.8 Å². The van der Waals surface area contributed by atoms with Crippen molar-refractivity contribution in [1.82, 2.24) is 4.90 Å². The number of aliphatic carboxylic acids is 1. The molecule has 0 heterocycles. The van der Waals surface area contributed by atoms with Crippen molar-refractivity contribution in [3.8, 4) is 0 Å². The van der Waals surface area contributed by atoms with Gasteiger partial charge in [-0.2, -0.15) is 0 Å². The third-order valence-electron chi connectivity index (χ3n) is 3.11. The molecule has 0 aromatic heterocycles. The van der Waals surface area contributed by atoms with Crippen LogP contribution in [0.25, 0.3) is 0 Å². The molecule has 1 aliphatic carbocycles. The molecule has 0 saturated heterocycles. The summed E-state index contributed by atoms with van der Waals surface area (Å²) in [5, 5.41) is 7.42. The van der Waals surface area contributed by atoms with Crippen LogP contribution in [0.4, 0.5) is 0 Å². The molecule has 0 aliphatic heterocycles. The Morgan fingerprint density at radius 1 is 1.29 bits per heavy atom. The topological polar surface area (TPSA) is 66.6 Å². The van der Waals surface area contributed by atoms with Crippen LogP contribution in [0, 0.1) is 5.92 Å². The van der Waals surface area contributed by atoms with E-state index in [0.29, 0.717) is 6.04 Å². The maximum atomic E-state index is 9.00. The highest BCUT2D eigenvalue weighted by atomic mass is 16.4. The fourth-order valence-electron chi connectivity index (χ4n) is 2.17. The molecule has 1 aliphatic rings. The van der Waals surface area contributed by atoms with Crippen LogP contribution in [0.3, 0.4) is 0 Å². The summed E-state index contributed by atoms with van der Waals surface area (Å²) >= 11 is 0. The predicted molar refractivity (Wildman–Crippen MR) is 71.0 cm³/mol. The predicted octanol–water partition coefficient (Wildman–Crippen LogP) is 1.94. The number of carboxylic acids is 1. The molecule has 1 fully saturated rings. The van der Waals surface area contributed by atoms with Gasteiger partial charge in [-0.3, -0.25) is 4.79 Å². The molecule has 0 amide bonds. The summed E-state index contributed by atoms with van der Waals surface area (Å²) in [4.78, 5) is 11.3.